The minimum Gasteiger partial charge on any atom is -0.368 e. The van der Waals surface area contributed by atoms with Gasteiger partial charge in [0.05, 0.1) is 6.20 Å². The maximum atomic E-state index is 12.7. The van der Waals surface area contributed by atoms with E-state index >= 15 is 0 Å². The minimum absolute atomic E-state index is 0.101. The molecular formula is C11H13FN4O2. The first-order valence-electron chi connectivity index (χ1n) is 5.52. The second-order valence-electron chi connectivity index (χ2n) is 3.98. The number of primary amides is 1. The van der Waals surface area contributed by atoms with Crippen LogP contribution in [0.1, 0.15) is 10.5 Å². The molecule has 2 amide bonds. The highest BCUT2D eigenvalue weighted by Crippen LogP contribution is 2.09. The molecule has 7 heteroatoms. The van der Waals surface area contributed by atoms with Crippen LogP contribution in [0, 0.1) is 5.82 Å². The lowest BCUT2D eigenvalue weighted by molar-refractivity contribution is -0.122. The zero-order chi connectivity index (χ0) is 13.1. The van der Waals surface area contributed by atoms with Crippen LogP contribution in [0.15, 0.2) is 18.3 Å². The normalized spacial score (nSPS) is 19.6. The van der Waals surface area contributed by atoms with Gasteiger partial charge in [-0.3, -0.25) is 9.59 Å². The van der Waals surface area contributed by atoms with Crippen LogP contribution in [0.4, 0.5) is 4.39 Å². The Bertz CT molecular complexity index is 463. The Morgan fingerprint density at radius 2 is 2.28 bits per heavy atom. The van der Waals surface area contributed by atoms with E-state index in [9.17, 15) is 14.0 Å². The number of hydrogen-bond donors (Lipinski definition) is 2. The molecule has 0 radical (unpaired) electrons. The van der Waals surface area contributed by atoms with Gasteiger partial charge in [-0.25, -0.2) is 9.37 Å². The van der Waals surface area contributed by atoms with E-state index in [1.165, 1.54) is 11.0 Å². The Morgan fingerprint density at radius 1 is 1.50 bits per heavy atom. The average Bonchev–Trinajstić information content (AvgIpc) is 2.39. The summed E-state index contributed by atoms with van der Waals surface area (Å²) in [5, 5.41) is 2.99. The highest BCUT2D eigenvalue weighted by atomic mass is 19.1. The molecule has 1 unspecified atom stereocenters. The zero-order valence-corrected chi connectivity index (χ0v) is 9.60. The molecule has 0 saturated carbocycles. The highest BCUT2D eigenvalue weighted by molar-refractivity contribution is 5.96. The van der Waals surface area contributed by atoms with Gasteiger partial charge in [-0.15, -0.1) is 0 Å². The first kappa shape index (κ1) is 12.4. The number of nitrogens with zero attached hydrogens (tertiary/aromatic N) is 2. The van der Waals surface area contributed by atoms with E-state index in [1.54, 1.807) is 0 Å². The van der Waals surface area contributed by atoms with Crippen LogP contribution in [0.3, 0.4) is 0 Å². The number of nitrogens with two attached hydrogens (primary N) is 1. The van der Waals surface area contributed by atoms with E-state index in [2.05, 4.69) is 10.3 Å². The topological polar surface area (TPSA) is 88.3 Å². The van der Waals surface area contributed by atoms with Gasteiger partial charge < -0.3 is 16.0 Å². The summed E-state index contributed by atoms with van der Waals surface area (Å²) in [5.74, 6) is -1.50. The Labute approximate surface area is 103 Å². The number of rotatable bonds is 2. The molecule has 3 N–H and O–H groups in total. The second-order valence-corrected chi connectivity index (χ2v) is 3.98. The van der Waals surface area contributed by atoms with Gasteiger partial charge in [0, 0.05) is 19.6 Å². The Hall–Kier alpha value is -2.02. The number of aromatic nitrogens is 1. The monoisotopic (exact) mass is 252 g/mol. The van der Waals surface area contributed by atoms with Crippen LogP contribution in [0.5, 0.6) is 0 Å². The van der Waals surface area contributed by atoms with Gasteiger partial charge in [-0.05, 0) is 12.1 Å². The van der Waals surface area contributed by atoms with Gasteiger partial charge in [0.15, 0.2) is 0 Å². The summed E-state index contributed by atoms with van der Waals surface area (Å²) in [6.07, 6.45) is 0.967. The van der Waals surface area contributed by atoms with E-state index in [1.807, 2.05) is 0 Å². The van der Waals surface area contributed by atoms with E-state index in [-0.39, 0.29) is 5.69 Å². The fourth-order valence-electron chi connectivity index (χ4n) is 1.85. The largest absolute Gasteiger partial charge is 0.368 e. The molecule has 0 bridgehead atoms. The lowest BCUT2D eigenvalue weighted by atomic mass is 10.1. The van der Waals surface area contributed by atoms with Gasteiger partial charge >= 0.3 is 0 Å². The molecule has 0 aromatic carbocycles. The molecule has 96 valence electrons. The predicted octanol–water partition coefficient (Wildman–Crippen LogP) is -0.880. The third-order valence-corrected chi connectivity index (χ3v) is 2.78. The van der Waals surface area contributed by atoms with E-state index in [4.69, 9.17) is 5.73 Å². The first-order valence-corrected chi connectivity index (χ1v) is 5.52. The Balaban J connectivity index is 2.20. The van der Waals surface area contributed by atoms with Crippen molar-refractivity contribution in [2.45, 2.75) is 6.04 Å². The number of hydrogen-bond acceptors (Lipinski definition) is 4. The number of amides is 2. The standard InChI is InChI=1S/C11H13FN4O2/c12-7-1-2-8(15-5-7)11(18)16-4-3-14-6-9(16)10(13)17/h1-2,5,9,14H,3-4,6H2,(H2,13,17). The summed E-state index contributed by atoms with van der Waals surface area (Å²) < 4.78 is 12.7. The molecule has 18 heavy (non-hydrogen) atoms. The van der Waals surface area contributed by atoms with Crippen LogP contribution in [-0.4, -0.2) is 47.4 Å². The zero-order valence-electron chi connectivity index (χ0n) is 9.60. The van der Waals surface area contributed by atoms with Crippen LogP contribution in [-0.2, 0) is 4.79 Å². The molecule has 6 nitrogen and oxygen atoms in total. The van der Waals surface area contributed by atoms with E-state index in [0.717, 1.165) is 12.3 Å². The summed E-state index contributed by atoms with van der Waals surface area (Å²) in [6, 6.07) is 1.75. The second kappa shape index (κ2) is 5.09. The van der Waals surface area contributed by atoms with Crippen molar-refractivity contribution in [3.8, 4) is 0 Å². The van der Waals surface area contributed by atoms with Gasteiger partial charge in [-0.1, -0.05) is 0 Å². The van der Waals surface area contributed by atoms with E-state index in [0.29, 0.717) is 19.6 Å². The van der Waals surface area contributed by atoms with Crippen molar-refractivity contribution < 1.29 is 14.0 Å². The smallest absolute Gasteiger partial charge is 0.273 e. The van der Waals surface area contributed by atoms with Crippen LogP contribution in [0.25, 0.3) is 0 Å². The third kappa shape index (κ3) is 2.45. The molecule has 1 aliphatic heterocycles. The van der Waals surface area contributed by atoms with Crippen LogP contribution >= 0.6 is 0 Å². The maximum absolute atomic E-state index is 12.7. The van der Waals surface area contributed by atoms with Crippen molar-refractivity contribution in [2.24, 2.45) is 5.73 Å². The van der Waals surface area contributed by atoms with Crippen LogP contribution < -0.4 is 11.1 Å². The van der Waals surface area contributed by atoms with Crippen molar-refractivity contribution >= 4 is 11.8 Å². The Kier molecular flexibility index (Phi) is 3.52. The summed E-state index contributed by atoms with van der Waals surface area (Å²) in [6.45, 7) is 1.27. The minimum atomic E-state index is -0.696. The number of carbonyl (C=O) groups is 2. The molecule has 1 aromatic rings. The molecule has 1 aliphatic rings. The quantitative estimate of drug-likeness (QED) is 0.715. The molecular weight excluding hydrogens is 239 g/mol. The Morgan fingerprint density at radius 3 is 2.89 bits per heavy atom. The number of carbonyl (C=O) groups excluding carboxylic acids is 2. The molecule has 1 saturated heterocycles. The number of pyridine rings is 1. The van der Waals surface area contributed by atoms with Crippen molar-refractivity contribution in [2.75, 3.05) is 19.6 Å². The van der Waals surface area contributed by atoms with E-state index < -0.39 is 23.7 Å². The van der Waals surface area contributed by atoms with Gasteiger partial charge in [0.1, 0.15) is 17.6 Å². The third-order valence-electron chi connectivity index (χ3n) is 2.78. The van der Waals surface area contributed by atoms with Crippen LogP contribution in [0.2, 0.25) is 0 Å². The molecule has 0 spiro atoms. The summed E-state index contributed by atoms with van der Waals surface area (Å²) in [5.41, 5.74) is 5.35. The summed E-state index contributed by atoms with van der Waals surface area (Å²) >= 11 is 0. The van der Waals surface area contributed by atoms with Crippen molar-refractivity contribution in [1.29, 1.82) is 0 Å². The molecule has 0 aliphatic carbocycles. The average molecular weight is 252 g/mol. The number of nitrogens with one attached hydrogen (secondary N) is 1. The van der Waals surface area contributed by atoms with Gasteiger partial charge in [-0.2, -0.15) is 0 Å². The van der Waals surface area contributed by atoms with Gasteiger partial charge in [0.2, 0.25) is 5.91 Å². The molecule has 2 rings (SSSR count). The predicted molar refractivity (Wildman–Crippen MR) is 61.1 cm³/mol. The molecule has 2 heterocycles. The lowest BCUT2D eigenvalue weighted by Crippen LogP contribution is -2.58. The molecule has 1 aromatic heterocycles. The molecule has 1 fully saturated rings. The molecule has 1 atom stereocenters. The van der Waals surface area contributed by atoms with Gasteiger partial charge in [0.25, 0.3) is 5.91 Å². The lowest BCUT2D eigenvalue weighted by Gasteiger charge is -2.33. The van der Waals surface area contributed by atoms with Crippen molar-refractivity contribution in [1.82, 2.24) is 15.2 Å². The summed E-state index contributed by atoms with van der Waals surface area (Å²) in [7, 11) is 0. The van der Waals surface area contributed by atoms with Crippen molar-refractivity contribution in [3.05, 3.63) is 29.8 Å². The van der Waals surface area contributed by atoms with Crippen molar-refractivity contribution in [3.63, 3.8) is 0 Å². The number of piperazine rings is 1. The fourth-order valence-corrected chi connectivity index (χ4v) is 1.85. The summed E-state index contributed by atoms with van der Waals surface area (Å²) in [4.78, 5) is 28.5. The fraction of sp³-hybridized carbons (Fsp3) is 0.364. The number of halogens is 1. The maximum Gasteiger partial charge on any atom is 0.273 e. The first-order chi connectivity index (χ1) is 8.59. The highest BCUT2D eigenvalue weighted by Gasteiger charge is 2.31. The SMILES string of the molecule is NC(=O)C1CNCCN1C(=O)c1ccc(F)cn1.